The van der Waals surface area contributed by atoms with E-state index in [-0.39, 0.29) is 17.8 Å². The fourth-order valence-corrected chi connectivity index (χ4v) is 3.53. The van der Waals surface area contributed by atoms with Crippen molar-refractivity contribution >= 4 is 22.9 Å². The van der Waals surface area contributed by atoms with Crippen LogP contribution in [-0.2, 0) is 0 Å². The number of aryl methyl sites for hydroxylation is 1. The molecule has 0 saturated carbocycles. The van der Waals surface area contributed by atoms with Gasteiger partial charge in [-0.2, -0.15) is 0 Å². The van der Waals surface area contributed by atoms with Crippen LogP contribution in [0, 0.1) is 12.7 Å². The van der Waals surface area contributed by atoms with Gasteiger partial charge in [0.2, 0.25) is 0 Å². The number of halogens is 1. The zero-order valence-electron chi connectivity index (χ0n) is 14.8. The van der Waals surface area contributed by atoms with Gasteiger partial charge in [-0.15, -0.1) is 11.3 Å². The van der Waals surface area contributed by atoms with E-state index in [1.807, 2.05) is 25.4 Å². The van der Waals surface area contributed by atoms with Gasteiger partial charge in [0.15, 0.2) is 0 Å². The fourth-order valence-electron chi connectivity index (χ4n) is 2.82. The Morgan fingerprint density at radius 2 is 1.93 bits per heavy atom. The summed E-state index contributed by atoms with van der Waals surface area (Å²) in [5.41, 5.74) is 3.64. The summed E-state index contributed by atoms with van der Waals surface area (Å²) in [4.78, 5) is 21.5. The monoisotopic (exact) mass is 380 g/mol. The number of amides is 1. The van der Waals surface area contributed by atoms with Crippen molar-refractivity contribution in [3.63, 3.8) is 0 Å². The minimum absolute atomic E-state index is 0.171. The third-order valence-electron chi connectivity index (χ3n) is 4.28. The number of carbonyl (C=O) groups is 1. The highest BCUT2D eigenvalue weighted by molar-refractivity contribution is 7.09. The van der Waals surface area contributed by atoms with Gasteiger partial charge in [0.05, 0.1) is 28.0 Å². The summed E-state index contributed by atoms with van der Waals surface area (Å²) in [5, 5.41) is 5.89. The van der Waals surface area contributed by atoms with Crippen LogP contribution in [0.15, 0.2) is 54.2 Å². The Kier molecular flexibility index (Phi) is 4.45. The summed E-state index contributed by atoms with van der Waals surface area (Å²) in [6.45, 7) is 3.85. The van der Waals surface area contributed by atoms with E-state index in [2.05, 4.69) is 15.3 Å². The largest absolute Gasteiger partial charge is 0.344 e. The number of carbonyl (C=O) groups excluding carboxylic acids is 1. The Balaban J connectivity index is 1.57. The zero-order valence-corrected chi connectivity index (χ0v) is 15.6. The number of nitrogens with one attached hydrogen (secondary N) is 1. The van der Waals surface area contributed by atoms with E-state index in [0.29, 0.717) is 11.2 Å². The van der Waals surface area contributed by atoms with E-state index in [9.17, 15) is 9.18 Å². The van der Waals surface area contributed by atoms with Crippen LogP contribution in [0.25, 0.3) is 16.9 Å². The summed E-state index contributed by atoms with van der Waals surface area (Å²) < 4.78 is 14.9. The van der Waals surface area contributed by atoms with Crippen molar-refractivity contribution in [2.24, 2.45) is 0 Å². The van der Waals surface area contributed by atoms with Gasteiger partial charge in [-0.05, 0) is 50.2 Å². The number of nitrogens with zero attached hydrogens (tertiary/aromatic N) is 3. The molecule has 1 unspecified atom stereocenters. The second-order valence-corrected chi connectivity index (χ2v) is 7.37. The topological polar surface area (TPSA) is 59.3 Å². The number of rotatable bonds is 4. The summed E-state index contributed by atoms with van der Waals surface area (Å²) in [5.74, 6) is -0.460. The van der Waals surface area contributed by atoms with Gasteiger partial charge in [-0.25, -0.2) is 14.4 Å². The second kappa shape index (κ2) is 6.92. The number of fused-ring (bicyclic) bond motifs is 1. The lowest BCUT2D eigenvalue weighted by Gasteiger charge is -2.11. The van der Waals surface area contributed by atoms with Crippen molar-refractivity contribution in [2.45, 2.75) is 19.9 Å². The molecule has 4 aromatic rings. The molecular formula is C20H17FN4OS. The summed E-state index contributed by atoms with van der Waals surface area (Å²) in [7, 11) is 0. The minimum atomic E-state index is -0.286. The average Bonchev–Trinajstić information content (AvgIpc) is 3.27. The highest BCUT2D eigenvalue weighted by Crippen LogP contribution is 2.20. The van der Waals surface area contributed by atoms with Crippen LogP contribution in [0.2, 0.25) is 0 Å². The maximum Gasteiger partial charge on any atom is 0.253 e. The molecule has 0 radical (unpaired) electrons. The van der Waals surface area contributed by atoms with Gasteiger partial charge in [-0.1, -0.05) is 0 Å². The zero-order chi connectivity index (χ0) is 19.0. The van der Waals surface area contributed by atoms with E-state index in [1.54, 1.807) is 46.2 Å². The van der Waals surface area contributed by atoms with Crippen LogP contribution >= 0.6 is 11.3 Å². The Morgan fingerprint density at radius 3 is 2.63 bits per heavy atom. The molecule has 0 aliphatic heterocycles. The lowest BCUT2D eigenvalue weighted by Crippen LogP contribution is -2.27. The molecule has 0 saturated heterocycles. The summed E-state index contributed by atoms with van der Waals surface area (Å²) >= 11 is 1.56. The molecule has 27 heavy (non-hydrogen) atoms. The van der Waals surface area contributed by atoms with E-state index in [4.69, 9.17) is 0 Å². The number of hydrogen-bond acceptors (Lipinski definition) is 4. The third-order valence-corrected chi connectivity index (χ3v) is 5.07. The molecule has 5 nitrogen and oxygen atoms in total. The molecule has 0 aliphatic carbocycles. The Morgan fingerprint density at radius 1 is 1.15 bits per heavy atom. The van der Waals surface area contributed by atoms with Crippen molar-refractivity contribution in [3.8, 4) is 11.3 Å². The SMILES string of the molecule is Cc1nc(C(C)NC(=O)c2ccc3nc(-c4ccc(F)cc4)cn3c2)cs1. The molecule has 1 aromatic carbocycles. The molecule has 3 heterocycles. The quantitative estimate of drug-likeness (QED) is 0.571. The van der Waals surface area contributed by atoms with E-state index in [0.717, 1.165) is 22.0 Å². The molecule has 7 heteroatoms. The smallest absolute Gasteiger partial charge is 0.253 e. The highest BCUT2D eigenvalue weighted by atomic mass is 32.1. The van der Waals surface area contributed by atoms with Crippen LogP contribution in [-0.4, -0.2) is 20.3 Å². The minimum Gasteiger partial charge on any atom is -0.344 e. The van der Waals surface area contributed by atoms with Crippen LogP contribution in [0.4, 0.5) is 4.39 Å². The summed E-state index contributed by atoms with van der Waals surface area (Å²) in [6.07, 6.45) is 3.57. The van der Waals surface area contributed by atoms with Gasteiger partial charge >= 0.3 is 0 Å². The number of hydrogen-bond donors (Lipinski definition) is 1. The van der Waals surface area contributed by atoms with E-state index < -0.39 is 0 Å². The Bertz CT molecular complexity index is 1120. The number of benzene rings is 1. The molecule has 3 aromatic heterocycles. The van der Waals surface area contributed by atoms with Gasteiger partial charge in [-0.3, -0.25) is 4.79 Å². The molecule has 0 aliphatic rings. The molecule has 1 amide bonds. The van der Waals surface area contributed by atoms with Crippen molar-refractivity contribution in [3.05, 3.63) is 76.3 Å². The molecule has 1 N–H and O–H groups in total. The number of thiazole rings is 1. The second-order valence-electron chi connectivity index (χ2n) is 6.30. The normalized spacial score (nSPS) is 12.3. The van der Waals surface area contributed by atoms with Crippen LogP contribution in [0.1, 0.15) is 34.0 Å². The Hall–Kier alpha value is -3.06. The van der Waals surface area contributed by atoms with Crippen molar-refractivity contribution < 1.29 is 9.18 Å². The number of pyridine rings is 1. The summed E-state index contributed by atoms with van der Waals surface area (Å²) in [6, 6.07) is 9.53. The first-order valence-electron chi connectivity index (χ1n) is 8.47. The van der Waals surface area contributed by atoms with Crippen LogP contribution < -0.4 is 5.32 Å². The average molecular weight is 380 g/mol. The van der Waals surface area contributed by atoms with Gasteiger partial charge in [0.1, 0.15) is 11.5 Å². The van der Waals surface area contributed by atoms with Crippen molar-refractivity contribution in [1.29, 1.82) is 0 Å². The lowest BCUT2D eigenvalue weighted by atomic mass is 10.2. The van der Waals surface area contributed by atoms with Gasteiger partial charge < -0.3 is 9.72 Å². The van der Waals surface area contributed by atoms with Crippen molar-refractivity contribution in [2.75, 3.05) is 0 Å². The molecule has 0 fully saturated rings. The van der Waals surface area contributed by atoms with Gasteiger partial charge in [0.25, 0.3) is 5.91 Å². The molecule has 136 valence electrons. The van der Waals surface area contributed by atoms with Crippen LogP contribution in [0.3, 0.4) is 0 Å². The maximum absolute atomic E-state index is 13.1. The van der Waals surface area contributed by atoms with Gasteiger partial charge in [0, 0.05) is 23.3 Å². The van der Waals surface area contributed by atoms with Crippen molar-refractivity contribution in [1.82, 2.24) is 19.7 Å². The first kappa shape index (κ1) is 17.4. The molecular weight excluding hydrogens is 363 g/mol. The predicted octanol–water partition coefficient (Wildman–Crippen LogP) is 4.40. The number of aromatic nitrogens is 3. The fraction of sp³-hybridized carbons (Fsp3) is 0.150. The van der Waals surface area contributed by atoms with E-state index in [1.165, 1.54) is 12.1 Å². The van der Waals surface area contributed by atoms with E-state index >= 15 is 0 Å². The standard InChI is InChI=1S/C20H17FN4OS/c1-12(18-11-27-13(2)23-18)22-20(26)15-5-8-19-24-17(10-25(19)9-15)14-3-6-16(21)7-4-14/h3-12H,1-2H3,(H,22,26). The third kappa shape index (κ3) is 3.59. The predicted molar refractivity (Wildman–Crippen MR) is 103 cm³/mol. The van der Waals surface area contributed by atoms with Crippen LogP contribution in [0.5, 0.6) is 0 Å². The first-order chi connectivity index (χ1) is 13.0. The molecule has 0 bridgehead atoms. The highest BCUT2D eigenvalue weighted by Gasteiger charge is 2.15. The Labute approximate surface area is 159 Å². The number of imidazole rings is 1. The molecule has 4 rings (SSSR count). The molecule has 1 atom stereocenters. The lowest BCUT2D eigenvalue weighted by molar-refractivity contribution is 0.0938. The maximum atomic E-state index is 13.1. The first-order valence-corrected chi connectivity index (χ1v) is 9.35. The molecule has 0 spiro atoms.